The number of hydrogen-bond acceptors (Lipinski definition) is 5. The molecule has 0 radical (unpaired) electrons. The quantitative estimate of drug-likeness (QED) is 0.351. The molecule has 3 heterocycles. The molecule has 7 nitrogen and oxygen atoms in total. The zero-order chi connectivity index (χ0) is 23.7. The number of rotatable bonds is 5. The van der Waals surface area contributed by atoms with Crippen LogP contribution in [0.2, 0.25) is 0 Å². The molecule has 0 bridgehead atoms. The number of nitrogens with zero attached hydrogens (tertiary/aromatic N) is 5. The van der Waals surface area contributed by atoms with E-state index in [0.29, 0.717) is 5.65 Å². The minimum atomic E-state index is -0.232. The Morgan fingerprint density at radius 1 is 0.971 bits per heavy atom. The van der Waals surface area contributed by atoms with Crippen molar-refractivity contribution < 1.29 is 9.21 Å². The van der Waals surface area contributed by atoms with Gasteiger partial charge < -0.3 is 9.32 Å². The van der Waals surface area contributed by atoms with Crippen LogP contribution in [0.3, 0.4) is 0 Å². The first kappa shape index (κ1) is 21.6. The van der Waals surface area contributed by atoms with Gasteiger partial charge in [0.1, 0.15) is 0 Å². The molecule has 0 aliphatic rings. The number of tetrazole rings is 1. The van der Waals surface area contributed by atoms with Gasteiger partial charge in [-0.05, 0) is 57.3 Å². The van der Waals surface area contributed by atoms with Crippen LogP contribution in [-0.2, 0) is 12.0 Å². The fourth-order valence-corrected chi connectivity index (χ4v) is 3.94. The lowest BCUT2D eigenvalue weighted by Gasteiger charge is -2.24. The molecule has 0 atom stereocenters. The van der Waals surface area contributed by atoms with Crippen LogP contribution >= 0.6 is 0 Å². The first-order valence-electron chi connectivity index (χ1n) is 11.1. The minimum Gasteiger partial charge on any atom is -0.459 e. The Kier molecular flexibility index (Phi) is 5.45. The maximum absolute atomic E-state index is 13.5. The minimum absolute atomic E-state index is 0.0117. The molecule has 0 spiro atoms. The summed E-state index contributed by atoms with van der Waals surface area (Å²) in [6, 6.07) is 23.5. The van der Waals surface area contributed by atoms with Crippen LogP contribution in [0, 0.1) is 0 Å². The Morgan fingerprint density at radius 2 is 1.74 bits per heavy atom. The molecule has 1 amide bonds. The highest BCUT2D eigenvalue weighted by atomic mass is 16.3. The molecule has 170 valence electrons. The first-order valence-corrected chi connectivity index (χ1v) is 11.1. The van der Waals surface area contributed by atoms with Gasteiger partial charge in [0.05, 0.1) is 12.8 Å². The summed E-state index contributed by atoms with van der Waals surface area (Å²) in [6.07, 6.45) is 3.40. The Bertz CT molecular complexity index is 1420. The number of carbonyl (C=O) groups is 1. The summed E-state index contributed by atoms with van der Waals surface area (Å²) in [7, 11) is 0. The topological polar surface area (TPSA) is 76.5 Å². The van der Waals surface area contributed by atoms with Gasteiger partial charge in [-0.2, -0.15) is 4.52 Å². The molecule has 34 heavy (non-hydrogen) atoms. The second-order valence-corrected chi connectivity index (χ2v) is 9.23. The molecular formula is C27H25N5O2. The van der Waals surface area contributed by atoms with Crippen molar-refractivity contribution in [1.82, 2.24) is 20.0 Å². The van der Waals surface area contributed by atoms with Crippen molar-refractivity contribution in [3.8, 4) is 11.1 Å². The van der Waals surface area contributed by atoms with Crippen molar-refractivity contribution in [3.63, 3.8) is 0 Å². The van der Waals surface area contributed by atoms with Gasteiger partial charge >= 0.3 is 0 Å². The van der Waals surface area contributed by atoms with Crippen molar-refractivity contribution in [3.05, 3.63) is 102 Å². The first-order chi connectivity index (χ1) is 16.4. The molecule has 0 fully saturated rings. The lowest BCUT2D eigenvalue weighted by molar-refractivity contribution is 0.0958. The normalized spacial score (nSPS) is 11.6. The highest BCUT2D eigenvalue weighted by molar-refractivity contribution is 6.04. The van der Waals surface area contributed by atoms with E-state index < -0.39 is 0 Å². The molecule has 0 N–H and O–H groups in total. The maximum Gasteiger partial charge on any atom is 0.294 e. The number of aromatic nitrogens is 4. The van der Waals surface area contributed by atoms with E-state index in [4.69, 9.17) is 4.42 Å². The number of anilines is 1. The number of pyridine rings is 1. The second-order valence-electron chi connectivity index (χ2n) is 9.23. The highest BCUT2D eigenvalue weighted by Gasteiger charge is 2.23. The smallest absolute Gasteiger partial charge is 0.294 e. The zero-order valence-corrected chi connectivity index (χ0v) is 19.3. The lowest BCUT2D eigenvalue weighted by atomic mass is 9.87. The summed E-state index contributed by atoms with van der Waals surface area (Å²) in [6.45, 7) is 6.77. The van der Waals surface area contributed by atoms with Gasteiger partial charge in [0, 0.05) is 23.0 Å². The Balaban J connectivity index is 1.59. The van der Waals surface area contributed by atoms with Gasteiger partial charge in [-0.25, -0.2) is 0 Å². The van der Waals surface area contributed by atoms with Crippen LogP contribution in [0.5, 0.6) is 0 Å². The van der Waals surface area contributed by atoms with Crippen LogP contribution in [-0.4, -0.2) is 25.9 Å². The van der Waals surface area contributed by atoms with E-state index in [9.17, 15) is 4.79 Å². The average Bonchev–Trinajstić information content (AvgIpc) is 3.54. The van der Waals surface area contributed by atoms with E-state index in [2.05, 4.69) is 48.4 Å². The largest absolute Gasteiger partial charge is 0.459 e. The van der Waals surface area contributed by atoms with Crippen LogP contribution < -0.4 is 4.90 Å². The van der Waals surface area contributed by atoms with E-state index in [1.165, 1.54) is 11.8 Å². The van der Waals surface area contributed by atoms with Crippen LogP contribution in [0.15, 0.2) is 89.7 Å². The molecule has 7 heteroatoms. The molecule has 0 saturated carbocycles. The van der Waals surface area contributed by atoms with Crippen LogP contribution in [0.25, 0.3) is 16.8 Å². The predicted molar refractivity (Wildman–Crippen MR) is 131 cm³/mol. The van der Waals surface area contributed by atoms with Gasteiger partial charge in [-0.1, -0.05) is 63.2 Å². The maximum atomic E-state index is 13.5. The molecule has 2 aromatic carbocycles. The van der Waals surface area contributed by atoms with Crippen LogP contribution in [0.4, 0.5) is 5.69 Å². The summed E-state index contributed by atoms with van der Waals surface area (Å²) in [5, 5.41) is 12.2. The lowest BCUT2D eigenvalue weighted by Crippen LogP contribution is -2.30. The molecule has 5 aromatic rings. The summed E-state index contributed by atoms with van der Waals surface area (Å²) in [5.74, 6) is 0.0407. The Labute approximate surface area is 197 Å². The van der Waals surface area contributed by atoms with E-state index in [-0.39, 0.29) is 23.6 Å². The van der Waals surface area contributed by atoms with Crippen molar-refractivity contribution in [2.24, 2.45) is 0 Å². The molecule has 0 unspecified atom stereocenters. The van der Waals surface area contributed by atoms with E-state index >= 15 is 0 Å². The highest BCUT2D eigenvalue weighted by Crippen LogP contribution is 2.29. The number of fused-ring (bicyclic) bond motifs is 1. The second kappa shape index (κ2) is 8.59. The Morgan fingerprint density at radius 3 is 2.41 bits per heavy atom. The van der Waals surface area contributed by atoms with E-state index in [1.807, 2.05) is 54.7 Å². The molecule has 3 aromatic heterocycles. The summed E-state index contributed by atoms with van der Waals surface area (Å²) < 4.78 is 7.09. The van der Waals surface area contributed by atoms with Crippen molar-refractivity contribution >= 4 is 17.2 Å². The third-order valence-electron chi connectivity index (χ3n) is 5.83. The fraction of sp³-hybridized carbons (Fsp3) is 0.185. The molecular weight excluding hydrogens is 426 g/mol. The SMILES string of the molecule is CC(C)(C)c1ccc(N(Cc2cc(-c3ccccc3)cn3nnnc23)C(=O)c2ccco2)cc1. The third-order valence-corrected chi connectivity index (χ3v) is 5.83. The molecule has 0 aliphatic heterocycles. The van der Waals surface area contributed by atoms with Crippen molar-refractivity contribution in [2.75, 3.05) is 4.90 Å². The predicted octanol–water partition coefficient (Wildman–Crippen LogP) is 5.53. The average molecular weight is 452 g/mol. The number of furan rings is 1. The van der Waals surface area contributed by atoms with Gasteiger partial charge in [-0.3, -0.25) is 4.79 Å². The van der Waals surface area contributed by atoms with Crippen molar-refractivity contribution in [2.45, 2.75) is 32.7 Å². The van der Waals surface area contributed by atoms with Gasteiger partial charge in [0.25, 0.3) is 5.91 Å². The number of benzene rings is 2. The molecule has 0 saturated heterocycles. The fourth-order valence-electron chi connectivity index (χ4n) is 3.94. The summed E-state index contributed by atoms with van der Waals surface area (Å²) in [4.78, 5) is 15.2. The van der Waals surface area contributed by atoms with Gasteiger partial charge in [0.15, 0.2) is 11.4 Å². The van der Waals surface area contributed by atoms with Crippen molar-refractivity contribution in [1.29, 1.82) is 0 Å². The van der Waals surface area contributed by atoms with E-state index in [1.54, 1.807) is 21.5 Å². The van der Waals surface area contributed by atoms with E-state index in [0.717, 1.165) is 22.4 Å². The van der Waals surface area contributed by atoms with Crippen LogP contribution in [0.1, 0.15) is 42.5 Å². The monoisotopic (exact) mass is 451 g/mol. The standard InChI is InChI=1S/C27H25N5O2/c1-27(2,3)22-11-13-23(14-12-22)31(26(33)24-10-7-15-34-24)17-21-16-20(19-8-5-4-6-9-19)18-32-25(21)28-29-30-32/h4-16,18H,17H2,1-3H3. The number of carbonyl (C=O) groups excluding carboxylic acids is 1. The zero-order valence-electron chi connectivity index (χ0n) is 19.3. The van der Waals surface area contributed by atoms with Gasteiger partial charge in [0.2, 0.25) is 0 Å². The Hall–Kier alpha value is -4.26. The molecule has 5 rings (SSSR count). The summed E-state index contributed by atoms with van der Waals surface area (Å²) in [5.41, 5.74) is 5.40. The number of hydrogen-bond donors (Lipinski definition) is 0. The third kappa shape index (κ3) is 4.20. The van der Waals surface area contributed by atoms with Gasteiger partial charge in [-0.15, -0.1) is 5.10 Å². The molecule has 0 aliphatic carbocycles. The number of amides is 1. The summed E-state index contributed by atoms with van der Waals surface area (Å²) >= 11 is 0.